The highest BCUT2D eigenvalue weighted by Gasteiger charge is 2.45. The van der Waals surface area contributed by atoms with Gasteiger partial charge in [-0.05, 0) is 43.4 Å². The van der Waals surface area contributed by atoms with Crippen LogP contribution in [0.25, 0.3) is 0 Å². The fourth-order valence-electron chi connectivity index (χ4n) is 3.76. The van der Waals surface area contributed by atoms with Gasteiger partial charge < -0.3 is 0 Å². The van der Waals surface area contributed by atoms with Gasteiger partial charge in [0.05, 0.1) is 22.1 Å². The molecule has 23 heavy (non-hydrogen) atoms. The minimum Gasteiger partial charge on any atom is -0.299 e. The van der Waals surface area contributed by atoms with Gasteiger partial charge in [-0.3, -0.25) is 4.79 Å². The standard InChI is InChI=1S/C17H18FNO3S/c18-16-6-11(10-19)4-5-12(16)9-17(20)13-7-14-2-1-3-15(8-13)23(14,21)22/h4-6,13-15H,1-3,7-9H2. The van der Waals surface area contributed by atoms with Crippen LogP contribution in [0.15, 0.2) is 18.2 Å². The molecule has 0 aromatic heterocycles. The van der Waals surface area contributed by atoms with Gasteiger partial charge >= 0.3 is 0 Å². The molecule has 1 aromatic rings. The van der Waals surface area contributed by atoms with Crippen LogP contribution in [0.4, 0.5) is 4.39 Å². The monoisotopic (exact) mass is 335 g/mol. The number of ketones is 1. The van der Waals surface area contributed by atoms with E-state index >= 15 is 0 Å². The van der Waals surface area contributed by atoms with Crippen molar-refractivity contribution in [1.82, 2.24) is 0 Å². The average Bonchev–Trinajstić information content (AvgIpc) is 2.48. The molecule has 2 aliphatic heterocycles. The minimum atomic E-state index is -3.08. The normalized spacial score (nSPS) is 28.8. The molecular weight excluding hydrogens is 317 g/mol. The molecule has 0 amide bonds. The van der Waals surface area contributed by atoms with Crippen LogP contribution in [-0.2, 0) is 21.1 Å². The molecule has 2 bridgehead atoms. The van der Waals surface area contributed by atoms with Crippen LogP contribution in [0.5, 0.6) is 0 Å². The predicted molar refractivity (Wildman–Crippen MR) is 82.9 cm³/mol. The van der Waals surface area contributed by atoms with E-state index in [1.165, 1.54) is 12.1 Å². The van der Waals surface area contributed by atoms with E-state index in [9.17, 15) is 17.6 Å². The van der Waals surface area contributed by atoms with Crippen molar-refractivity contribution in [3.63, 3.8) is 0 Å². The van der Waals surface area contributed by atoms with E-state index in [-0.39, 0.29) is 29.2 Å². The minimum absolute atomic E-state index is 0.0400. The first-order chi connectivity index (χ1) is 10.9. The van der Waals surface area contributed by atoms with Gasteiger partial charge in [-0.15, -0.1) is 0 Å². The Balaban J connectivity index is 1.74. The summed E-state index contributed by atoms with van der Waals surface area (Å²) in [5.74, 6) is -0.953. The van der Waals surface area contributed by atoms with Crippen LogP contribution in [0, 0.1) is 23.1 Å². The third kappa shape index (κ3) is 3.02. The number of sulfone groups is 1. The summed E-state index contributed by atoms with van der Waals surface area (Å²) in [5.41, 5.74) is 0.490. The van der Waals surface area contributed by atoms with Gasteiger partial charge in [-0.25, -0.2) is 12.8 Å². The summed E-state index contributed by atoms with van der Waals surface area (Å²) < 4.78 is 38.4. The molecular formula is C17H18FNO3S. The Hall–Kier alpha value is -1.74. The number of hydrogen-bond donors (Lipinski definition) is 0. The van der Waals surface area contributed by atoms with Crippen molar-refractivity contribution < 1.29 is 17.6 Å². The molecule has 1 aromatic carbocycles. The highest BCUT2D eigenvalue weighted by atomic mass is 32.2. The van der Waals surface area contributed by atoms with E-state index in [1.807, 2.05) is 6.07 Å². The molecule has 0 N–H and O–H groups in total. The van der Waals surface area contributed by atoms with Crippen LogP contribution in [0.3, 0.4) is 0 Å². The van der Waals surface area contributed by atoms with Crippen LogP contribution in [0.2, 0.25) is 0 Å². The molecule has 2 aliphatic rings. The SMILES string of the molecule is N#Cc1ccc(CC(=O)C2CC3CCCC(C2)S3(=O)=O)c(F)c1. The number of carbonyl (C=O) groups is 1. The first-order valence-corrected chi connectivity index (χ1v) is 9.46. The Morgan fingerprint density at radius 2 is 1.91 bits per heavy atom. The summed E-state index contributed by atoms with van der Waals surface area (Å²) in [4.78, 5) is 12.5. The molecule has 0 radical (unpaired) electrons. The van der Waals surface area contributed by atoms with Gasteiger partial charge in [0.1, 0.15) is 11.6 Å². The summed E-state index contributed by atoms with van der Waals surface area (Å²) >= 11 is 0. The third-order valence-electron chi connectivity index (χ3n) is 5.08. The van der Waals surface area contributed by atoms with E-state index in [2.05, 4.69) is 0 Å². The van der Waals surface area contributed by atoms with Crippen molar-refractivity contribution in [2.24, 2.45) is 5.92 Å². The van der Waals surface area contributed by atoms with E-state index < -0.39 is 26.2 Å². The molecule has 4 nitrogen and oxygen atoms in total. The van der Waals surface area contributed by atoms with Gasteiger partial charge in [-0.1, -0.05) is 12.5 Å². The number of rotatable bonds is 3. The maximum absolute atomic E-state index is 13.9. The van der Waals surface area contributed by atoms with E-state index in [4.69, 9.17) is 5.26 Å². The van der Waals surface area contributed by atoms with Crippen molar-refractivity contribution in [2.45, 2.75) is 49.0 Å². The average molecular weight is 335 g/mol. The lowest BCUT2D eigenvalue weighted by Gasteiger charge is -2.38. The van der Waals surface area contributed by atoms with Gasteiger partial charge in [0.15, 0.2) is 9.84 Å². The second kappa shape index (κ2) is 6.04. The molecule has 3 rings (SSSR count). The van der Waals surface area contributed by atoms with Crippen LogP contribution < -0.4 is 0 Å². The number of halogens is 1. The Bertz CT molecular complexity index is 762. The largest absolute Gasteiger partial charge is 0.299 e. The zero-order valence-corrected chi connectivity index (χ0v) is 13.5. The summed E-state index contributed by atoms with van der Waals surface area (Å²) in [6.07, 6.45) is 2.87. The fraction of sp³-hybridized carbons (Fsp3) is 0.529. The molecule has 2 heterocycles. The van der Waals surface area contributed by atoms with Crippen LogP contribution in [0.1, 0.15) is 43.2 Å². The fourth-order valence-corrected chi connectivity index (χ4v) is 6.30. The van der Waals surface area contributed by atoms with Crippen molar-refractivity contribution in [3.05, 3.63) is 35.1 Å². The van der Waals surface area contributed by atoms with Crippen molar-refractivity contribution >= 4 is 15.6 Å². The number of benzene rings is 1. The van der Waals surface area contributed by atoms with Crippen molar-refractivity contribution in [1.29, 1.82) is 5.26 Å². The van der Waals surface area contributed by atoms with Crippen molar-refractivity contribution in [2.75, 3.05) is 0 Å². The van der Waals surface area contributed by atoms with Crippen LogP contribution in [-0.4, -0.2) is 24.7 Å². The Labute approximate surface area is 135 Å². The molecule has 2 atom stereocenters. The first-order valence-electron chi connectivity index (χ1n) is 7.85. The molecule has 2 fully saturated rings. The molecule has 0 spiro atoms. The number of nitriles is 1. The Kier molecular flexibility index (Phi) is 4.24. The Morgan fingerprint density at radius 3 is 2.48 bits per heavy atom. The molecule has 2 saturated heterocycles. The van der Waals surface area contributed by atoms with Crippen molar-refractivity contribution in [3.8, 4) is 6.07 Å². The van der Waals surface area contributed by atoms with Gasteiger partial charge in [-0.2, -0.15) is 5.26 Å². The van der Waals surface area contributed by atoms with E-state index in [0.717, 1.165) is 12.5 Å². The topological polar surface area (TPSA) is 75.0 Å². The van der Waals surface area contributed by atoms with E-state index in [0.29, 0.717) is 25.7 Å². The van der Waals surface area contributed by atoms with E-state index in [1.54, 1.807) is 0 Å². The molecule has 122 valence electrons. The molecule has 6 heteroatoms. The highest BCUT2D eigenvalue weighted by molar-refractivity contribution is 7.92. The molecule has 0 aliphatic carbocycles. The smallest absolute Gasteiger partial charge is 0.156 e. The summed E-state index contributed by atoms with van der Waals surface area (Å²) in [6.45, 7) is 0. The number of nitrogens with zero attached hydrogens (tertiary/aromatic N) is 1. The maximum Gasteiger partial charge on any atom is 0.156 e. The van der Waals surface area contributed by atoms with Crippen LogP contribution >= 0.6 is 0 Å². The lowest BCUT2D eigenvalue weighted by atomic mass is 9.84. The second-order valence-corrected chi connectivity index (χ2v) is 9.00. The summed E-state index contributed by atoms with van der Waals surface area (Å²) in [5, 5.41) is 7.92. The van der Waals surface area contributed by atoms with Gasteiger partial charge in [0, 0.05) is 12.3 Å². The third-order valence-corrected chi connectivity index (χ3v) is 7.79. The number of carbonyl (C=O) groups excluding carboxylic acids is 1. The molecule has 2 unspecified atom stereocenters. The molecule has 0 saturated carbocycles. The maximum atomic E-state index is 13.9. The second-order valence-electron chi connectivity index (χ2n) is 6.49. The zero-order valence-electron chi connectivity index (χ0n) is 12.7. The number of Topliss-reactive ketones (excluding diaryl/α,β-unsaturated/α-hetero) is 1. The zero-order chi connectivity index (χ0) is 16.6. The van der Waals surface area contributed by atoms with Gasteiger partial charge in [0.25, 0.3) is 0 Å². The lowest BCUT2D eigenvalue weighted by molar-refractivity contribution is -0.122. The number of fused-ring (bicyclic) bond motifs is 2. The lowest BCUT2D eigenvalue weighted by Crippen LogP contribution is -2.45. The summed E-state index contributed by atoms with van der Waals surface area (Å²) in [7, 11) is -3.08. The highest BCUT2D eigenvalue weighted by Crippen LogP contribution is 2.40. The predicted octanol–water partition coefficient (Wildman–Crippen LogP) is 2.55. The van der Waals surface area contributed by atoms with Gasteiger partial charge in [0.2, 0.25) is 0 Å². The summed E-state index contributed by atoms with van der Waals surface area (Å²) in [6, 6.07) is 5.94. The quantitative estimate of drug-likeness (QED) is 0.851. The first kappa shape index (κ1) is 16.1. The Morgan fingerprint density at radius 1 is 1.26 bits per heavy atom. The number of hydrogen-bond acceptors (Lipinski definition) is 4.